The molecule has 0 heterocycles. The lowest BCUT2D eigenvalue weighted by molar-refractivity contribution is -0.137. The Bertz CT molecular complexity index is 562. The van der Waals surface area contributed by atoms with Crippen LogP contribution in [0.25, 0.3) is 0 Å². The van der Waals surface area contributed by atoms with E-state index in [1.165, 1.54) is 30.4 Å². The highest BCUT2D eigenvalue weighted by atomic mass is 16.4. The Hall–Kier alpha value is -1.84. The largest absolute Gasteiger partial charge is 0.481 e. The van der Waals surface area contributed by atoms with E-state index in [9.17, 15) is 9.59 Å². The lowest BCUT2D eigenvalue weighted by Crippen LogP contribution is -2.42. The molecule has 1 fully saturated rings. The molecule has 0 saturated heterocycles. The van der Waals surface area contributed by atoms with Gasteiger partial charge in [-0.25, -0.2) is 0 Å². The number of unbranched alkanes of at least 4 members (excludes halogenated alkanes) is 1. The number of carboxylic acid groups (broad SMARTS) is 1. The van der Waals surface area contributed by atoms with Crippen LogP contribution < -0.4 is 5.32 Å². The molecule has 0 radical (unpaired) electrons. The van der Waals surface area contributed by atoms with Gasteiger partial charge in [-0.3, -0.25) is 9.59 Å². The van der Waals surface area contributed by atoms with Gasteiger partial charge < -0.3 is 10.4 Å². The van der Waals surface area contributed by atoms with Gasteiger partial charge in [-0.1, -0.05) is 49.1 Å². The summed E-state index contributed by atoms with van der Waals surface area (Å²) in [5.41, 5.74) is 2.66. The van der Waals surface area contributed by atoms with Gasteiger partial charge in [-0.2, -0.15) is 0 Å². The summed E-state index contributed by atoms with van der Waals surface area (Å²) in [7, 11) is 0. The van der Waals surface area contributed by atoms with Crippen molar-refractivity contribution in [3.63, 3.8) is 0 Å². The van der Waals surface area contributed by atoms with Gasteiger partial charge in [0, 0.05) is 24.8 Å². The summed E-state index contributed by atoms with van der Waals surface area (Å²) in [5, 5.41) is 11.7. The first-order valence-electron chi connectivity index (χ1n) is 9.07. The van der Waals surface area contributed by atoms with Crippen LogP contribution in [-0.4, -0.2) is 23.5 Å². The van der Waals surface area contributed by atoms with Crippen molar-refractivity contribution >= 4 is 11.9 Å². The van der Waals surface area contributed by atoms with Crippen LogP contribution in [0.2, 0.25) is 0 Å². The minimum Gasteiger partial charge on any atom is -0.481 e. The zero-order valence-corrected chi connectivity index (χ0v) is 14.6. The van der Waals surface area contributed by atoms with Gasteiger partial charge in [-0.15, -0.1) is 0 Å². The van der Waals surface area contributed by atoms with E-state index in [0.717, 1.165) is 12.8 Å². The molecule has 0 atom stereocenters. The molecule has 1 aliphatic carbocycles. The number of carbonyl (C=O) groups excluding carboxylic acids is 1. The van der Waals surface area contributed by atoms with Crippen molar-refractivity contribution in [2.45, 2.75) is 70.1 Å². The van der Waals surface area contributed by atoms with Crippen LogP contribution >= 0.6 is 0 Å². The molecule has 0 unspecified atom stereocenters. The highest BCUT2D eigenvalue weighted by Gasteiger charge is 2.34. The van der Waals surface area contributed by atoms with E-state index in [1.807, 2.05) is 0 Å². The smallest absolute Gasteiger partial charge is 0.303 e. The van der Waals surface area contributed by atoms with Crippen molar-refractivity contribution in [2.75, 3.05) is 6.54 Å². The summed E-state index contributed by atoms with van der Waals surface area (Å²) in [6.45, 7) is 2.80. The van der Waals surface area contributed by atoms with Crippen LogP contribution in [0.5, 0.6) is 0 Å². The van der Waals surface area contributed by atoms with Crippen LogP contribution in [0.1, 0.15) is 68.9 Å². The predicted octanol–water partition coefficient (Wildman–Crippen LogP) is 3.96. The van der Waals surface area contributed by atoms with E-state index < -0.39 is 5.97 Å². The molecule has 1 aliphatic rings. The number of amides is 1. The SMILES string of the molecule is Cc1cccc(C2(CNC(=O)CCCCC(=O)O)CCCCC2)c1. The van der Waals surface area contributed by atoms with E-state index in [2.05, 4.69) is 36.5 Å². The number of hydrogen-bond acceptors (Lipinski definition) is 2. The molecule has 1 aromatic rings. The highest BCUT2D eigenvalue weighted by molar-refractivity contribution is 5.76. The second-order valence-electron chi connectivity index (χ2n) is 7.09. The summed E-state index contributed by atoms with van der Waals surface area (Å²) in [6, 6.07) is 8.66. The van der Waals surface area contributed by atoms with Crippen molar-refractivity contribution in [1.29, 1.82) is 0 Å². The molecular formula is C20H29NO3. The molecule has 2 rings (SSSR count). The molecule has 0 aromatic heterocycles. The lowest BCUT2D eigenvalue weighted by atomic mass is 9.69. The maximum absolute atomic E-state index is 12.1. The van der Waals surface area contributed by atoms with Gasteiger partial charge in [0.05, 0.1) is 0 Å². The third-order valence-corrected chi connectivity index (χ3v) is 5.11. The first-order valence-corrected chi connectivity index (χ1v) is 9.07. The fraction of sp³-hybridized carbons (Fsp3) is 0.600. The molecule has 4 heteroatoms. The van der Waals surface area contributed by atoms with Gasteiger partial charge in [-0.05, 0) is 38.2 Å². The van der Waals surface area contributed by atoms with Crippen molar-refractivity contribution in [1.82, 2.24) is 5.32 Å². The Balaban J connectivity index is 1.92. The Kier molecular flexibility index (Phi) is 6.83. The number of rotatable bonds is 8. The molecule has 1 amide bonds. The van der Waals surface area contributed by atoms with Gasteiger partial charge >= 0.3 is 5.97 Å². The maximum Gasteiger partial charge on any atom is 0.303 e. The van der Waals surface area contributed by atoms with E-state index in [0.29, 0.717) is 25.8 Å². The summed E-state index contributed by atoms with van der Waals surface area (Å²) < 4.78 is 0. The molecule has 132 valence electrons. The first-order chi connectivity index (χ1) is 11.5. The Labute approximate surface area is 144 Å². The zero-order valence-electron chi connectivity index (χ0n) is 14.6. The summed E-state index contributed by atoms with van der Waals surface area (Å²) >= 11 is 0. The molecule has 0 aliphatic heterocycles. The second kappa shape index (κ2) is 8.86. The number of carboxylic acids is 1. The van der Waals surface area contributed by atoms with Gasteiger partial charge in [0.25, 0.3) is 0 Å². The standard InChI is InChI=1S/C20H29NO3/c1-16-8-7-9-17(14-16)20(12-5-2-6-13-20)15-21-18(22)10-3-4-11-19(23)24/h7-9,14H,2-6,10-13,15H2,1H3,(H,21,22)(H,23,24). The van der Waals surface area contributed by atoms with E-state index >= 15 is 0 Å². The van der Waals surface area contributed by atoms with Gasteiger partial charge in [0.15, 0.2) is 0 Å². The Morgan fingerprint density at radius 3 is 2.50 bits per heavy atom. The van der Waals surface area contributed by atoms with Crippen molar-refractivity contribution in [2.24, 2.45) is 0 Å². The first kappa shape index (κ1) is 18.5. The Morgan fingerprint density at radius 2 is 1.83 bits per heavy atom. The maximum atomic E-state index is 12.1. The fourth-order valence-corrected chi connectivity index (χ4v) is 3.69. The number of carbonyl (C=O) groups is 2. The van der Waals surface area contributed by atoms with Crippen LogP contribution in [0.4, 0.5) is 0 Å². The molecule has 2 N–H and O–H groups in total. The molecule has 4 nitrogen and oxygen atoms in total. The quantitative estimate of drug-likeness (QED) is 0.709. The highest BCUT2D eigenvalue weighted by Crippen LogP contribution is 2.39. The van der Waals surface area contributed by atoms with E-state index in [4.69, 9.17) is 5.11 Å². The summed E-state index contributed by atoms with van der Waals surface area (Å²) in [6.07, 6.45) is 7.69. The minimum absolute atomic E-state index is 0.0398. The number of nitrogens with one attached hydrogen (secondary N) is 1. The third kappa shape index (κ3) is 5.36. The molecular weight excluding hydrogens is 302 g/mol. The Morgan fingerprint density at radius 1 is 1.12 bits per heavy atom. The number of benzene rings is 1. The number of aryl methyl sites for hydroxylation is 1. The second-order valence-corrected chi connectivity index (χ2v) is 7.09. The van der Waals surface area contributed by atoms with Crippen molar-refractivity contribution < 1.29 is 14.7 Å². The predicted molar refractivity (Wildman–Crippen MR) is 95.1 cm³/mol. The molecule has 1 aromatic carbocycles. The van der Waals surface area contributed by atoms with Crippen LogP contribution in [0.15, 0.2) is 24.3 Å². The van der Waals surface area contributed by atoms with Gasteiger partial charge in [0.1, 0.15) is 0 Å². The number of aliphatic carboxylic acids is 1. The molecule has 24 heavy (non-hydrogen) atoms. The van der Waals surface area contributed by atoms with E-state index in [-0.39, 0.29) is 17.7 Å². The van der Waals surface area contributed by atoms with Crippen LogP contribution in [0.3, 0.4) is 0 Å². The average Bonchev–Trinajstić information content (AvgIpc) is 2.57. The third-order valence-electron chi connectivity index (χ3n) is 5.11. The molecule has 0 spiro atoms. The van der Waals surface area contributed by atoms with Crippen molar-refractivity contribution in [3.05, 3.63) is 35.4 Å². The summed E-state index contributed by atoms with van der Waals surface area (Å²) in [5.74, 6) is -0.756. The topological polar surface area (TPSA) is 66.4 Å². The lowest BCUT2D eigenvalue weighted by Gasteiger charge is -2.38. The zero-order chi connectivity index (χ0) is 17.4. The molecule has 1 saturated carbocycles. The van der Waals surface area contributed by atoms with Gasteiger partial charge in [0.2, 0.25) is 5.91 Å². The van der Waals surface area contributed by atoms with Crippen LogP contribution in [-0.2, 0) is 15.0 Å². The average molecular weight is 331 g/mol. The van der Waals surface area contributed by atoms with E-state index in [1.54, 1.807) is 0 Å². The van der Waals surface area contributed by atoms with Crippen LogP contribution in [0, 0.1) is 6.92 Å². The minimum atomic E-state index is -0.795. The van der Waals surface area contributed by atoms with Crippen molar-refractivity contribution in [3.8, 4) is 0 Å². The normalized spacial score (nSPS) is 16.5. The number of hydrogen-bond donors (Lipinski definition) is 2. The fourth-order valence-electron chi connectivity index (χ4n) is 3.69. The monoisotopic (exact) mass is 331 g/mol. The summed E-state index contributed by atoms with van der Waals surface area (Å²) in [4.78, 5) is 22.6. The molecule has 0 bridgehead atoms.